The third-order valence-electron chi connectivity index (χ3n) is 5.49. The average Bonchev–Trinajstić information content (AvgIpc) is 3.46. The molecule has 0 saturated carbocycles. The summed E-state index contributed by atoms with van der Waals surface area (Å²) in [5, 5.41) is 11.6. The third-order valence-corrected chi connectivity index (χ3v) is 5.49. The summed E-state index contributed by atoms with van der Waals surface area (Å²) in [6.45, 7) is -0.483. The first-order valence-electron chi connectivity index (χ1n) is 10.9. The van der Waals surface area contributed by atoms with Crippen molar-refractivity contribution in [3.05, 3.63) is 90.5 Å². The minimum atomic E-state index is -4.82. The monoisotopic (exact) mass is 515 g/mol. The Kier molecular flexibility index (Phi) is 6.12. The Morgan fingerprint density at radius 2 is 1.51 bits per heavy atom. The lowest BCUT2D eigenvalue weighted by Crippen LogP contribution is -2.22. The standard InChI is InChI=1S/C25H18F5N5O2/c1-34-21(17-5-3-2-4-6-17)13-19(33-34)15-36-24(26,27)23-32-31-22-12-9-18(14-35(22)23)16-7-10-20(11-8-16)37-25(28,29)30/h2-14H,15H2,1H3. The van der Waals surface area contributed by atoms with Crippen LogP contribution in [0, 0.1) is 0 Å². The van der Waals surface area contributed by atoms with E-state index >= 15 is 8.78 Å². The van der Waals surface area contributed by atoms with Crippen LogP contribution in [0.25, 0.3) is 28.0 Å². The van der Waals surface area contributed by atoms with Crippen LogP contribution in [0.3, 0.4) is 0 Å². The molecule has 5 rings (SSSR count). The van der Waals surface area contributed by atoms with Crippen molar-refractivity contribution in [1.82, 2.24) is 24.4 Å². The predicted octanol–water partition coefficient (Wildman–Crippen LogP) is 5.96. The van der Waals surface area contributed by atoms with E-state index in [2.05, 4.69) is 20.0 Å². The summed E-state index contributed by atoms with van der Waals surface area (Å²) in [7, 11) is 1.71. The molecule has 0 aliphatic heterocycles. The summed E-state index contributed by atoms with van der Waals surface area (Å²) in [5.74, 6) is -1.15. The Labute approximate surface area is 206 Å². The van der Waals surface area contributed by atoms with Crippen LogP contribution in [-0.2, 0) is 24.5 Å². The average molecular weight is 515 g/mol. The Morgan fingerprint density at radius 3 is 2.22 bits per heavy atom. The molecule has 0 amide bonds. The van der Waals surface area contributed by atoms with Crippen LogP contribution in [0.2, 0.25) is 0 Å². The second kappa shape index (κ2) is 9.28. The highest BCUT2D eigenvalue weighted by molar-refractivity contribution is 5.65. The summed E-state index contributed by atoms with van der Waals surface area (Å²) < 4.78 is 78.8. The van der Waals surface area contributed by atoms with Crippen molar-refractivity contribution >= 4 is 5.65 Å². The molecule has 12 heteroatoms. The third kappa shape index (κ3) is 5.28. The molecule has 0 atom stereocenters. The normalized spacial score (nSPS) is 12.3. The summed E-state index contributed by atoms with van der Waals surface area (Å²) >= 11 is 0. The zero-order valence-corrected chi connectivity index (χ0v) is 19.2. The molecule has 0 saturated heterocycles. The quantitative estimate of drug-likeness (QED) is 0.250. The summed E-state index contributed by atoms with van der Waals surface area (Å²) in [6.07, 6.45) is -7.27. The van der Waals surface area contributed by atoms with E-state index in [0.717, 1.165) is 27.8 Å². The SMILES string of the molecule is Cn1nc(COC(F)(F)c2nnc3ccc(-c4ccc(OC(F)(F)F)cc4)cn23)cc1-c1ccccc1. The number of nitrogens with zero attached hydrogens (tertiary/aromatic N) is 5. The maximum Gasteiger partial charge on any atom is 0.573 e. The first-order valence-corrected chi connectivity index (χ1v) is 10.9. The van der Waals surface area contributed by atoms with Crippen LogP contribution in [0.4, 0.5) is 22.0 Å². The van der Waals surface area contributed by atoms with E-state index < -0.39 is 30.7 Å². The Balaban J connectivity index is 1.36. The number of halogens is 5. The maximum absolute atomic E-state index is 15.1. The molecule has 0 spiro atoms. The molecular formula is C25H18F5N5O2. The number of hydrogen-bond donors (Lipinski definition) is 0. The number of ether oxygens (including phenoxy) is 2. The second-order valence-electron chi connectivity index (χ2n) is 8.06. The van der Waals surface area contributed by atoms with Gasteiger partial charge in [0.2, 0.25) is 5.82 Å². The van der Waals surface area contributed by atoms with E-state index in [1.807, 2.05) is 30.3 Å². The molecule has 0 aliphatic rings. The van der Waals surface area contributed by atoms with Crippen molar-refractivity contribution < 1.29 is 31.4 Å². The zero-order valence-electron chi connectivity index (χ0n) is 19.2. The Morgan fingerprint density at radius 1 is 0.811 bits per heavy atom. The fourth-order valence-electron chi connectivity index (χ4n) is 3.81. The first kappa shape index (κ1) is 24.4. The van der Waals surface area contributed by atoms with Gasteiger partial charge in [-0.1, -0.05) is 42.5 Å². The predicted molar refractivity (Wildman–Crippen MR) is 122 cm³/mol. The molecule has 0 bridgehead atoms. The molecule has 0 aliphatic carbocycles. The highest BCUT2D eigenvalue weighted by atomic mass is 19.4. The van der Waals surface area contributed by atoms with E-state index in [1.54, 1.807) is 23.9 Å². The fraction of sp³-hybridized carbons (Fsp3) is 0.160. The Hall–Kier alpha value is -4.32. The summed E-state index contributed by atoms with van der Waals surface area (Å²) in [4.78, 5) is 0. The van der Waals surface area contributed by atoms with Crippen LogP contribution >= 0.6 is 0 Å². The maximum atomic E-state index is 15.1. The first-order chi connectivity index (χ1) is 17.6. The lowest BCUT2D eigenvalue weighted by atomic mass is 10.1. The van der Waals surface area contributed by atoms with Crippen molar-refractivity contribution in [2.24, 2.45) is 7.05 Å². The lowest BCUT2D eigenvalue weighted by molar-refractivity contribution is -0.274. The lowest BCUT2D eigenvalue weighted by Gasteiger charge is -2.15. The van der Waals surface area contributed by atoms with Gasteiger partial charge in [0.25, 0.3) is 0 Å². The molecule has 5 aromatic rings. The number of benzene rings is 2. The number of alkyl halides is 5. The van der Waals surface area contributed by atoms with Gasteiger partial charge in [-0.15, -0.1) is 23.4 Å². The van der Waals surface area contributed by atoms with E-state index in [0.29, 0.717) is 16.8 Å². The van der Waals surface area contributed by atoms with Crippen LogP contribution in [0.5, 0.6) is 5.75 Å². The molecule has 190 valence electrons. The van der Waals surface area contributed by atoms with Gasteiger partial charge in [0.05, 0.1) is 18.0 Å². The molecule has 37 heavy (non-hydrogen) atoms. The number of hydrogen-bond acceptors (Lipinski definition) is 5. The van der Waals surface area contributed by atoms with Crippen LogP contribution in [0.15, 0.2) is 79.0 Å². The second-order valence-corrected chi connectivity index (χ2v) is 8.06. The van der Waals surface area contributed by atoms with Crippen molar-refractivity contribution in [3.8, 4) is 28.1 Å². The van der Waals surface area contributed by atoms with E-state index in [1.165, 1.54) is 24.4 Å². The molecule has 0 fully saturated rings. The van der Waals surface area contributed by atoms with Gasteiger partial charge in [-0.05, 0) is 47.0 Å². The number of aromatic nitrogens is 5. The molecule has 2 aromatic carbocycles. The van der Waals surface area contributed by atoms with Gasteiger partial charge in [0, 0.05) is 13.2 Å². The number of rotatable bonds is 7. The highest BCUT2D eigenvalue weighted by Gasteiger charge is 2.39. The van der Waals surface area contributed by atoms with Crippen molar-refractivity contribution in [2.45, 2.75) is 19.1 Å². The van der Waals surface area contributed by atoms with Gasteiger partial charge in [-0.25, -0.2) is 0 Å². The van der Waals surface area contributed by atoms with E-state index in [-0.39, 0.29) is 5.65 Å². The van der Waals surface area contributed by atoms with Crippen LogP contribution < -0.4 is 4.74 Å². The molecule has 3 heterocycles. The van der Waals surface area contributed by atoms with Gasteiger partial charge in [-0.2, -0.15) is 13.9 Å². The topological polar surface area (TPSA) is 66.5 Å². The van der Waals surface area contributed by atoms with Crippen molar-refractivity contribution in [3.63, 3.8) is 0 Å². The van der Waals surface area contributed by atoms with Crippen molar-refractivity contribution in [2.75, 3.05) is 0 Å². The largest absolute Gasteiger partial charge is 0.573 e. The highest BCUT2D eigenvalue weighted by Crippen LogP contribution is 2.32. The van der Waals surface area contributed by atoms with Crippen LogP contribution in [0.1, 0.15) is 11.5 Å². The molecule has 7 nitrogen and oxygen atoms in total. The van der Waals surface area contributed by atoms with E-state index in [9.17, 15) is 13.2 Å². The minimum Gasteiger partial charge on any atom is -0.406 e. The van der Waals surface area contributed by atoms with Gasteiger partial charge < -0.3 is 9.47 Å². The number of aryl methyl sites for hydroxylation is 1. The molecule has 0 radical (unpaired) electrons. The van der Waals surface area contributed by atoms with Gasteiger partial charge >= 0.3 is 12.5 Å². The van der Waals surface area contributed by atoms with Gasteiger partial charge in [0.1, 0.15) is 5.75 Å². The van der Waals surface area contributed by atoms with Gasteiger partial charge in [0.15, 0.2) is 5.65 Å². The van der Waals surface area contributed by atoms with Crippen molar-refractivity contribution in [1.29, 1.82) is 0 Å². The smallest absolute Gasteiger partial charge is 0.406 e. The summed E-state index contributed by atoms with van der Waals surface area (Å²) in [5.41, 5.74) is 2.98. The van der Waals surface area contributed by atoms with Gasteiger partial charge in [-0.3, -0.25) is 9.08 Å². The molecule has 3 aromatic heterocycles. The number of pyridine rings is 1. The van der Waals surface area contributed by atoms with Crippen LogP contribution in [-0.4, -0.2) is 30.7 Å². The Bertz CT molecular complexity index is 1530. The fourth-order valence-corrected chi connectivity index (χ4v) is 3.81. The van der Waals surface area contributed by atoms with E-state index in [4.69, 9.17) is 4.74 Å². The minimum absolute atomic E-state index is 0.142. The molecule has 0 unspecified atom stereocenters. The zero-order chi connectivity index (χ0) is 26.2. The molecule has 0 N–H and O–H groups in total. The summed E-state index contributed by atoms with van der Waals surface area (Å²) in [6, 6.07) is 19.1. The number of fused-ring (bicyclic) bond motifs is 1. The molecular weight excluding hydrogens is 497 g/mol.